The van der Waals surface area contributed by atoms with Gasteiger partial charge in [0, 0.05) is 31.4 Å². The third kappa shape index (κ3) is 3.44. The molecule has 1 fully saturated rings. The fourth-order valence-electron chi connectivity index (χ4n) is 2.33. The van der Waals surface area contributed by atoms with E-state index in [4.69, 9.17) is 5.73 Å². The van der Waals surface area contributed by atoms with Gasteiger partial charge in [0.1, 0.15) is 5.82 Å². The largest absolute Gasteiger partial charge is 0.367 e. The van der Waals surface area contributed by atoms with Crippen LogP contribution in [0.5, 0.6) is 0 Å². The number of amides is 1. The van der Waals surface area contributed by atoms with E-state index in [1.54, 1.807) is 12.3 Å². The molecular weight excluding hydrogens is 240 g/mol. The van der Waals surface area contributed by atoms with Gasteiger partial charge in [0.25, 0.3) is 5.91 Å². The smallest absolute Gasteiger partial charge is 0.257 e. The first-order valence-electron chi connectivity index (χ1n) is 6.84. The van der Waals surface area contributed by atoms with E-state index in [0.29, 0.717) is 17.9 Å². The number of nitrogens with zero attached hydrogens (tertiary/aromatic N) is 2. The highest BCUT2D eigenvalue weighted by molar-refractivity contribution is 5.98. The highest BCUT2D eigenvalue weighted by Gasteiger charge is 2.24. The number of hydrogen-bond acceptors (Lipinski definition) is 4. The molecule has 1 aliphatic rings. The lowest BCUT2D eigenvalue weighted by Crippen LogP contribution is -2.45. The second kappa shape index (κ2) is 6.02. The Morgan fingerprint density at radius 1 is 1.58 bits per heavy atom. The predicted molar refractivity (Wildman–Crippen MR) is 76.1 cm³/mol. The quantitative estimate of drug-likeness (QED) is 0.865. The number of rotatable bonds is 3. The van der Waals surface area contributed by atoms with Crippen molar-refractivity contribution in [1.29, 1.82) is 0 Å². The molecule has 5 nitrogen and oxygen atoms in total. The molecule has 0 aromatic carbocycles. The first-order chi connectivity index (χ1) is 9.08. The van der Waals surface area contributed by atoms with Crippen LogP contribution in [0.3, 0.4) is 0 Å². The summed E-state index contributed by atoms with van der Waals surface area (Å²) < 4.78 is 0. The highest BCUT2D eigenvalue weighted by atomic mass is 16.2. The van der Waals surface area contributed by atoms with Crippen molar-refractivity contribution in [2.45, 2.75) is 38.8 Å². The molecule has 1 amide bonds. The third-order valence-electron chi connectivity index (χ3n) is 3.21. The number of carbonyl (C=O) groups excluding carboxylic acids is 1. The molecule has 2 rings (SSSR count). The van der Waals surface area contributed by atoms with E-state index < -0.39 is 0 Å². The normalized spacial score (nSPS) is 19.6. The molecule has 0 saturated carbocycles. The topological polar surface area (TPSA) is 71.2 Å². The van der Waals surface area contributed by atoms with Crippen LogP contribution in [-0.4, -0.2) is 41.0 Å². The number of pyridine rings is 1. The minimum atomic E-state index is 0.0198. The van der Waals surface area contributed by atoms with Gasteiger partial charge in [0.2, 0.25) is 0 Å². The average Bonchev–Trinajstić information content (AvgIpc) is 2.38. The molecular formula is C14H22N4O. The van der Waals surface area contributed by atoms with Crippen LogP contribution in [0.4, 0.5) is 5.82 Å². The lowest BCUT2D eigenvalue weighted by atomic mass is 10.1. The van der Waals surface area contributed by atoms with Crippen molar-refractivity contribution >= 4 is 11.7 Å². The van der Waals surface area contributed by atoms with E-state index in [1.807, 2.05) is 24.8 Å². The summed E-state index contributed by atoms with van der Waals surface area (Å²) in [4.78, 5) is 18.6. The Morgan fingerprint density at radius 2 is 2.37 bits per heavy atom. The fraction of sp³-hybridized carbons (Fsp3) is 0.571. The van der Waals surface area contributed by atoms with Crippen LogP contribution in [0, 0.1) is 0 Å². The molecule has 1 unspecified atom stereocenters. The Morgan fingerprint density at radius 3 is 3.05 bits per heavy atom. The summed E-state index contributed by atoms with van der Waals surface area (Å²) in [6.45, 7) is 5.47. The molecule has 5 heteroatoms. The zero-order chi connectivity index (χ0) is 13.8. The molecule has 1 aliphatic heterocycles. The number of nitrogens with one attached hydrogen (secondary N) is 1. The van der Waals surface area contributed by atoms with Gasteiger partial charge in [-0.15, -0.1) is 0 Å². The van der Waals surface area contributed by atoms with Crippen LogP contribution in [-0.2, 0) is 0 Å². The number of piperidine rings is 1. The van der Waals surface area contributed by atoms with Gasteiger partial charge >= 0.3 is 0 Å². The van der Waals surface area contributed by atoms with Gasteiger partial charge in [-0.25, -0.2) is 4.98 Å². The zero-order valence-electron chi connectivity index (χ0n) is 11.6. The Hall–Kier alpha value is -1.62. The zero-order valence-corrected chi connectivity index (χ0v) is 11.6. The van der Waals surface area contributed by atoms with Gasteiger partial charge in [-0.2, -0.15) is 0 Å². The molecule has 19 heavy (non-hydrogen) atoms. The molecule has 0 spiro atoms. The molecule has 3 N–H and O–H groups in total. The lowest BCUT2D eigenvalue weighted by molar-refractivity contribution is 0.0709. The maximum absolute atomic E-state index is 12.5. The van der Waals surface area contributed by atoms with Gasteiger partial charge in [0.05, 0.1) is 5.56 Å². The van der Waals surface area contributed by atoms with Gasteiger partial charge in [-0.1, -0.05) is 0 Å². The van der Waals surface area contributed by atoms with Crippen molar-refractivity contribution in [2.75, 3.05) is 18.4 Å². The van der Waals surface area contributed by atoms with Crippen LogP contribution in [0.2, 0.25) is 0 Å². The van der Waals surface area contributed by atoms with Crippen molar-refractivity contribution < 1.29 is 4.79 Å². The minimum absolute atomic E-state index is 0.0198. The number of carbonyl (C=O) groups is 1. The Balaban J connectivity index is 2.18. The molecule has 0 radical (unpaired) electrons. The summed E-state index contributed by atoms with van der Waals surface area (Å²) in [6.07, 6.45) is 3.66. The van der Waals surface area contributed by atoms with E-state index in [-0.39, 0.29) is 18.0 Å². The lowest BCUT2D eigenvalue weighted by Gasteiger charge is -2.31. The summed E-state index contributed by atoms with van der Waals surface area (Å²) >= 11 is 0. The van der Waals surface area contributed by atoms with Crippen molar-refractivity contribution in [2.24, 2.45) is 5.73 Å². The minimum Gasteiger partial charge on any atom is -0.367 e. The van der Waals surface area contributed by atoms with Crippen molar-refractivity contribution in [1.82, 2.24) is 9.88 Å². The fourth-order valence-corrected chi connectivity index (χ4v) is 2.33. The molecule has 1 aromatic heterocycles. The molecule has 1 atom stereocenters. The second-order valence-corrected chi connectivity index (χ2v) is 5.35. The molecule has 2 heterocycles. The first kappa shape index (κ1) is 13.8. The standard InChI is InChI=1S/C14H22N4O/c1-10(2)17-13-12(6-3-7-16-13)14(19)18-8-4-5-11(15)9-18/h3,6-7,10-11H,4-5,8-9,15H2,1-2H3,(H,16,17). The molecule has 1 saturated heterocycles. The average molecular weight is 262 g/mol. The van der Waals surface area contributed by atoms with Crippen LogP contribution in [0.1, 0.15) is 37.0 Å². The van der Waals surface area contributed by atoms with Crippen LogP contribution < -0.4 is 11.1 Å². The summed E-state index contributed by atoms with van der Waals surface area (Å²) in [5, 5.41) is 3.21. The number of anilines is 1. The summed E-state index contributed by atoms with van der Waals surface area (Å²) in [5.41, 5.74) is 6.56. The monoisotopic (exact) mass is 262 g/mol. The van der Waals surface area contributed by atoms with Crippen molar-refractivity contribution in [3.05, 3.63) is 23.9 Å². The number of nitrogens with two attached hydrogens (primary N) is 1. The molecule has 0 aliphatic carbocycles. The molecule has 0 bridgehead atoms. The number of aromatic nitrogens is 1. The van der Waals surface area contributed by atoms with Gasteiger partial charge in [-0.05, 0) is 38.8 Å². The maximum Gasteiger partial charge on any atom is 0.257 e. The predicted octanol–water partition coefficient (Wildman–Crippen LogP) is 1.47. The van der Waals surface area contributed by atoms with E-state index in [9.17, 15) is 4.79 Å². The van der Waals surface area contributed by atoms with Gasteiger partial charge in [-0.3, -0.25) is 4.79 Å². The van der Waals surface area contributed by atoms with Crippen molar-refractivity contribution in [3.8, 4) is 0 Å². The van der Waals surface area contributed by atoms with Gasteiger partial charge in [0.15, 0.2) is 0 Å². The molecule has 104 valence electrons. The van der Waals surface area contributed by atoms with Crippen LogP contribution in [0.25, 0.3) is 0 Å². The van der Waals surface area contributed by atoms with E-state index in [1.165, 1.54) is 0 Å². The summed E-state index contributed by atoms with van der Waals surface area (Å²) in [6, 6.07) is 3.95. The third-order valence-corrected chi connectivity index (χ3v) is 3.21. The van der Waals surface area contributed by atoms with E-state index in [2.05, 4.69) is 10.3 Å². The van der Waals surface area contributed by atoms with E-state index >= 15 is 0 Å². The van der Waals surface area contributed by atoms with Crippen LogP contribution in [0.15, 0.2) is 18.3 Å². The first-order valence-corrected chi connectivity index (χ1v) is 6.84. The summed E-state index contributed by atoms with van der Waals surface area (Å²) in [5.74, 6) is 0.674. The highest BCUT2D eigenvalue weighted by Crippen LogP contribution is 2.18. The Labute approximate surface area is 114 Å². The SMILES string of the molecule is CC(C)Nc1ncccc1C(=O)N1CCCC(N)C1. The Bertz CT molecular complexity index is 447. The second-order valence-electron chi connectivity index (χ2n) is 5.35. The number of hydrogen-bond donors (Lipinski definition) is 2. The maximum atomic E-state index is 12.5. The Kier molecular flexibility index (Phi) is 4.37. The van der Waals surface area contributed by atoms with Crippen molar-refractivity contribution in [3.63, 3.8) is 0 Å². The molecule has 1 aromatic rings. The number of likely N-dealkylation sites (tertiary alicyclic amines) is 1. The van der Waals surface area contributed by atoms with E-state index in [0.717, 1.165) is 19.4 Å². The van der Waals surface area contributed by atoms with Crippen LogP contribution >= 0.6 is 0 Å². The van der Waals surface area contributed by atoms with Gasteiger partial charge < -0.3 is 16.0 Å². The summed E-state index contributed by atoms with van der Waals surface area (Å²) in [7, 11) is 0.